The van der Waals surface area contributed by atoms with E-state index in [0.29, 0.717) is 24.0 Å². The molecule has 5 rings (SSSR count). The smallest absolute Gasteiger partial charge is 0.104 e. The first-order valence-corrected chi connectivity index (χ1v) is 12.5. The summed E-state index contributed by atoms with van der Waals surface area (Å²) in [6, 6.07) is 0.660. The van der Waals surface area contributed by atoms with Crippen molar-refractivity contribution in [3.05, 3.63) is 0 Å². The summed E-state index contributed by atoms with van der Waals surface area (Å²) in [5.74, 6) is 1.34. The standard InChI is InChI=1S/C23H42N4O2/c1-2-12-26(13-3-1)23(20-7-15-28-16-8-20)22(19-4-9-24-10-5-19)29-17-14-27(23)21-6-11-25-18-21/h19-22,24-25H,1-18H2. The second kappa shape index (κ2) is 9.49. The molecule has 0 bridgehead atoms. The largest absolute Gasteiger partial charge is 0.381 e. The van der Waals surface area contributed by atoms with E-state index in [-0.39, 0.29) is 5.66 Å². The van der Waals surface area contributed by atoms with Gasteiger partial charge in [0.2, 0.25) is 0 Å². The van der Waals surface area contributed by atoms with E-state index in [9.17, 15) is 0 Å². The lowest BCUT2D eigenvalue weighted by molar-refractivity contribution is -0.260. The molecular weight excluding hydrogens is 364 g/mol. The molecule has 0 amide bonds. The van der Waals surface area contributed by atoms with E-state index in [2.05, 4.69) is 20.4 Å². The SMILES string of the molecule is C1CCN(C2(C3CCOCC3)C(C3CCNCC3)OCCN2C2CCNC2)CC1. The van der Waals surface area contributed by atoms with Crippen LogP contribution in [0.25, 0.3) is 0 Å². The fraction of sp³-hybridized carbons (Fsp3) is 1.00. The zero-order valence-corrected chi connectivity index (χ0v) is 18.2. The minimum Gasteiger partial charge on any atom is -0.381 e. The maximum atomic E-state index is 6.86. The molecule has 5 aliphatic heterocycles. The van der Waals surface area contributed by atoms with E-state index in [1.54, 1.807) is 0 Å². The Morgan fingerprint density at radius 2 is 1.52 bits per heavy atom. The predicted molar refractivity (Wildman–Crippen MR) is 115 cm³/mol. The van der Waals surface area contributed by atoms with Crippen LogP contribution in [0.4, 0.5) is 0 Å². The summed E-state index contributed by atoms with van der Waals surface area (Å²) in [5.41, 5.74) is 0.0706. The Balaban J connectivity index is 1.56. The van der Waals surface area contributed by atoms with Crippen molar-refractivity contribution < 1.29 is 9.47 Å². The lowest BCUT2D eigenvalue weighted by Crippen LogP contribution is -2.78. The molecule has 5 saturated heterocycles. The number of piperidine rings is 2. The Bertz CT molecular complexity index is 491. The van der Waals surface area contributed by atoms with Crippen molar-refractivity contribution in [1.29, 1.82) is 0 Å². The number of likely N-dealkylation sites (tertiary alicyclic amines) is 1. The van der Waals surface area contributed by atoms with Gasteiger partial charge in [-0.15, -0.1) is 0 Å². The number of hydrogen-bond donors (Lipinski definition) is 2. The summed E-state index contributed by atoms with van der Waals surface area (Å²) in [5, 5.41) is 7.27. The average molecular weight is 407 g/mol. The van der Waals surface area contributed by atoms with Crippen LogP contribution in [0.1, 0.15) is 51.4 Å². The molecule has 0 spiro atoms. The van der Waals surface area contributed by atoms with Gasteiger partial charge in [-0.05, 0) is 89.5 Å². The van der Waals surface area contributed by atoms with E-state index in [1.165, 1.54) is 71.0 Å². The fourth-order valence-electron chi connectivity index (χ4n) is 7.21. The Hall–Kier alpha value is -0.240. The second-order valence-corrected chi connectivity index (χ2v) is 9.94. The first-order valence-electron chi connectivity index (χ1n) is 12.5. The lowest BCUT2D eigenvalue weighted by atomic mass is 9.71. The van der Waals surface area contributed by atoms with Crippen molar-refractivity contribution in [2.45, 2.75) is 69.2 Å². The first-order chi connectivity index (χ1) is 14.4. The summed E-state index contributed by atoms with van der Waals surface area (Å²) in [6.45, 7) is 11.0. The summed E-state index contributed by atoms with van der Waals surface area (Å²) in [4.78, 5) is 5.90. The molecule has 6 heteroatoms. The molecule has 0 saturated carbocycles. The third kappa shape index (κ3) is 3.90. The van der Waals surface area contributed by atoms with Crippen LogP contribution in [-0.4, -0.2) is 93.2 Å². The summed E-state index contributed by atoms with van der Waals surface area (Å²) in [7, 11) is 0. The molecule has 166 valence electrons. The van der Waals surface area contributed by atoms with Crippen LogP contribution in [0.15, 0.2) is 0 Å². The molecule has 29 heavy (non-hydrogen) atoms. The van der Waals surface area contributed by atoms with Gasteiger partial charge in [-0.25, -0.2) is 0 Å². The van der Waals surface area contributed by atoms with Crippen molar-refractivity contribution in [2.24, 2.45) is 11.8 Å². The summed E-state index contributed by atoms with van der Waals surface area (Å²) < 4.78 is 12.7. The minimum absolute atomic E-state index is 0.0706. The van der Waals surface area contributed by atoms with Crippen LogP contribution in [0.2, 0.25) is 0 Å². The van der Waals surface area contributed by atoms with Gasteiger partial charge in [0.25, 0.3) is 0 Å². The summed E-state index contributed by atoms with van der Waals surface area (Å²) >= 11 is 0. The van der Waals surface area contributed by atoms with Gasteiger partial charge < -0.3 is 20.1 Å². The van der Waals surface area contributed by atoms with Crippen molar-refractivity contribution >= 4 is 0 Å². The van der Waals surface area contributed by atoms with Crippen LogP contribution in [0, 0.1) is 11.8 Å². The summed E-state index contributed by atoms with van der Waals surface area (Å²) in [6.07, 6.45) is 10.6. The molecule has 3 atom stereocenters. The molecule has 6 nitrogen and oxygen atoms in total. The molecule has 0 aromatic heterocycles. The third-order valence-electron chi connectivity index (χ3n) is 8.48. The Morgan fingerprint density at radius 3 is 2.24 bits per heavy atom. The molecule has 3 unspecified atom stereocenters. The zero-order chi connectivity index (χ0) is 19.5. The quantitative estimate of drug-likeness (QED) is 0.741. The number of nitrogens with one attached hydrogen (secondary N) is 2. The predicted octanol–water partition coefficient (Wildman–Crippen LogP) is 1.66. The first kappa shape index (κ1) is 20.7. The molecular formula is C23H42N4O2. The zero-order valence-electron chi connectivity index (χ0n) is 18.2. The van der Waals surface area contributed by atoms with Gasteiger partial charge in [0, 0.05) is 32.3 Å². The lowest BCUT2D eigenvalue weighted by Gasteiger charge is -2.64. The average Bonchev–Trinajstić information content (AvgIpc) is 3.35. The minimum atomic E-state index is 0.0706. The molecule has 5 heterocycles. The number of nitrogens with zero attached hydrogens (tertiary/aromatic N) is 2. The molecule has 2 N–H and O–H groups in total. The molecule has 0 radical (unpaired) electrons. The Labute approximate surface area is 177 Å². The number of morpholine rings is 1. The van der Waals surface area contributed by atoms with Crippen LogP contribution in [0.3, 0.4) is 0 Å². The van der Waals surface area contributed by atoms with E-state index < -0.39 is 0 Å². The van der Waals surface area contributed by atoms with Crippen LogP contribution < -0.4 is 10.6 Å². The maximum Gasteiger partial charge on any atom is 0.104 e. The van der Waals surface area contributed by atoms with Crippen LogP contribution in [0.5, 0.6) is 0 Å². The molecule has 5 fully saturated rings. The number of rotatable bonds is 4. The Kier molecular flexibility index (Phi) is 6.76. The van der Waals surface area contributed by atoms with Gasteiger partial charge in [0.1, 0.15) is 5.66 Å². The van der Waals surface area contributed by atoms with Gasteiger partial charge in [0.15, 0.2) is 0 Å². The van der Waals surface area contributed by atoms with E-state index in [4.69, 9.17) is 9.47 Å². The maximum absolute atomic E-state index is 6.86. The van der Waals surface area contributed by atoms with E-state index >= 15 is 0 Å². The number of hydrogen-bond acceptors (Lipinski definition) is 6. The van der Waals surface area contributed by atoms with Crippen LogP contribution in [-0.2, 0) is 9.47 Å². The molecule has 5 aliphatic rings. The van der Waals surface area contributed by atoms with Crippen molar-refractivity contribution in [3.63, 3.8) is 0 Å². The topological polar surface area (TPSA) is 49.0 Å². The van der Waals surface area contributed by atoms with Crippen LogP contribution >= 0.6 is 0 Å². The fourth-order valence-corrected chi connectivity index (χ4v) is 7.21. The van der Waals surface area contributed by atoms with Gasteiger partial charge >= 0.3 is 0 Å². The Morgan fingerprint density at radius 1 is 0.759 bits per heavy atom. The number of ether oxygens (including phenoxy) is 2. The van der Waals surface area contributed by atoms with Gasteiger partial charge in [-0.3, -0.25) is 9.80 Å². The second-order valence-electron chi connectivity index (χ2n) is 9.94. The van der Waals surface area contributed by atoms with Gasteiger partial charge in [0.05, 0.1) is 12.7 Å². The van der Waals surface area contributed by atoms with Crippen molar-refractivity contribution in [2.75, 3.05) is 65.6 Å². The highest BCUT2D eigenvalue weighted by molar-refractivity contribution is 5.09. The van der Waals surface area contributed by atoms with Gasteiger partial charge in [-0.1, -0.05) is 6.42 Å². The molecule has 0 aromatic rings. The van der Waals surface area contributed by atoms with Gasteiger partial charge in [-0.2, -0.15) is 0 Å². The van der Waals surface area contributed by atoms with E-state index in [1.807, 2.05) is 0 Å². The third-order valence-corrected chi connectivity index (χ3v) is 8.48. The van der Waals surface area contributed by atoms with E-state index in [0.717, 1.165) is 46.0 Å². The highest BCUT2D eigenvalue weighted by Crippen LogP contribution is 2.47. The molecule has 0 aromatic carbocycles. The normalized spacial score (nSPS) is 39.7. The highest BCUT2D eigenvalue weighted by Gasteiger charge is 2.59. The van der Waals surface area contributed by atoms with Crippen molar-refractivity contribution in [1.82, 2.24) is 20.4 Å². The monoisotopic (exact) mass is 406 g/mol. The van der Waals surface area contributed by atoms with Crippen molar-refractivity contribution in [3.8, 4) is 0 Å². The highest BCUT2D eigenvalue weighted by atomic mass is 16.5. The molecule has 0 aliphatic carbocycles.